The van der Waals surface area contributed by atoms with Crippen molar-refractivity contribution in [2.24, 2.45) is 0 Å². The first-order valence-corrected chi connectivity index (χ1v) is 16.1. The number of ether oxygens (including phenoxy) is 2. The molecule has 0 aromatic heterocycles. The van der Waals surface area contributed by atoms with E-state index >= 15 is 0 Å². The fourth-order valence-electron chi connectivity index (χ4n) is 5.87. The molecule has 1 aliphatic carbocycles. The van der Waals surface area contributed by atoms with Gasteiger partial charge in [-0.25, -0.2) is 0 Å². The van der Waals surface area contributed by atoms with Gasteiger partial charge in [0.25, 0.3) is 0 Å². The molecule has 0 atom stereocenters. The van der Waals surface area contributed by atoms with Gasteiger partial charge in [0.15, 0.2) is 5.78 Å². The molecule has 0 unspecified atom stereocenters. The van der Waals surface area contributed by atoms with E-state index in [0.717, 1.165) is 84.1 Å². The van der Waals surface area contributed by atoms with Crippen molar-refractivity contribution < 1.29 is 34.1 Å². The van der Waals surface area contributed by atoms with Gasteiger partial charge in [0.2, 0.25) is 0 Å². The summed E-state index contributed by atoms with van der Waals surface area (Å²) in [7, 11) is 0. The number of hydrogen-bond donors (Lipinski definition) is 2. The van der Waals surface area contributed by atoms with E-state index in [1.165, 1.54) is 0 Å². The number of aryl methyl sites for hydroxylation is 1. The lowest BCUT2D eigenvalue weighted by Crippen LogP contribution is -2.14. The van der Waals surface area contributed by atoms with Crippen LogP contribution in [0.5, 0.6) is 11.5 Å². The number of unbranched alkanes of at least 4 members (excludes halogenated alkanes) is 3. The molecule has 7 nitrogen and oxygen atoms in total. The SMILES string of the molecule is O=C(O)CCCOc1cccc(CCCCCCOc2ccc3c(c2C/C=C/c2ccccc2)CCCC3=O)c1CCC(=O)O. The lowest BCUT2D eigenvalue weighted by molar-refractivity contribution is -0.138. The van der Waals surface area contributed by atoms with E-state index < -0.39 is 11.9 Å². The Bertz CT molecular complexity index is 1460. The van der Waals surface area contributed by atoms with Gasteiger partial charge >= 0.3 is 11.9 Å². The fourth-order valence-corrected chi connectivity index (χ4v) is 5.87. The molecule has 0 saturated heterocycles. The van der Waals surface area contributed by atoms with Gasteiger partial charge < -0.3 is 19.7 Å². The fraction of sp³-hybridized carbons (Fsp3) is 0.395. The number of carbonyl (C=O) groups excluding carboxylic acids is 1. The molecule has 3 aromatic carbocycles. The highest BCUT2D eigenvalue weighted by atomic mass is 16.5. The van der Waals surface area contributed by atoms with Crippen molar-refractivity contribution in [2.45, 2.75) is 83.5 Å². The minimum Gasteiger partial charge on any atom is -0.493 e. The zero-order chi connectivity index (χ0) is 31.9. The summed E-state index contributed by atoms with van der Waals surface area (Å²) in [4.78, 5) is 34.7. The largest absolute Gasteiger partial charge is 0.493 e. The Hall–Kier alpha value is -4.39. The van der Waals surface area contributed by atoms with Crippen molar-refractivity contribution in [3.8, 4) is 11.5 Å². The number of carbonyl (C=O) groups is 3. The molecular formula is C38H44O7. The number of rotatable bonds is 19. The summed E-state index contributed by atoms with van der Waals surface area (Å²) in [6.45, 7) is 0.882. The third-order valence-electron chi connectivity index (χ3n) is 8.16. The maximum Gasteiger partial charge on any atom is 0.303 e. The zero-order valence-corrected chi connectivity index (χ0v) is 26.0. The predicted molar refractivity (Wildman–Crippen MR) is 175 cm³/mol. The van der Waals surface area contributed by atoms with Crippen LogP contribution >= 0.6 is 0 Å². The molecule has 7 heteroatoms. The smallest absolute Gasteiger partial charge is 0.303 e. The van der Waals surface area contributed by atoms with Gasteiger partial charge in [-0.2, -0.15) is 0 Å². The molecule has 4 rings (SSSR count). The van der Waals surface area contributed by atoms with E-state index in [4.69, 9.17) is 14.6 Å². The molecule has 238 valence electrons. The lowest BCUT2D eigenvalue weighted by Gasteiger charge is -2.21. The van der Waals surface area contributed by atoms with E-state index in [9.17, 15) is 19.5 Å². The number of Topliss-reactive ketones (excluding diaryl/α,β-unsaturated/α-hetero) is 1. The number of carboxylic acids is 2. The molecule has 45 heavy (non-hydrogen) atoms. The Morgan fingerprint density at radius 2 is 1.44 bits per heavy atom. The Labute approximate surface area is 265 Å². The minimum atomic E-state index is -0.862. The molecule has 0 spiro atoms. The van der Waals surface area contributed by atoms with Crippen LogP contribution < -0.4 is 9.47 Å². The van der Waals surface area contributed by atoms with Crippen molar-refractivity contribution in [3.05, 3.63) is 100 Å². The predicted octanol–water partition coefficient (Wildman–Crippen LogP) is 7.90. The van der Waals surface area contributed by atoms with E-state index in [1.807, 2.05) is 48.5 Å². The quantitative estimate of drug-likeness (QED) is 0.132. The van der Waals surface area contributed by atoms with Crippen LogP contribution in [0.15, 0.2) is 66.7 Å². The Kier molecular flexibility index (Phi) is 13.2. The molecule has 0 saturated carbocycles. The maximum atomic E-state index is 12.6. The molecule has 1 aliphatic rings. The number of aliphatic carboxylic acids is 2. The van der Waals surface area contributed by atoms with Gasteiger partial charge in [-0.15, -0.1) is 0 Å². The first-order valence-electron chi connectivity index (χ1n) is 16.1. The Morgan fingerprint density at radius 3 is 2.22 bits per heavy atom. The number of fused-ring (bicyclic) bond motifs is 1. The highest BCUT2D eigenvalue weighted by Crippen LogP contribution is 2.32. The number of carboxylic acid groups (broad SMARTS) is 2. The van der Waals surface area contributed by atoms with E-state index in [1.54, 1.807) is 0 Å². The second-order valence-corrected chi connectivity index (χ2v) is 11.5. The summed E-state index contributed by atoms with van der Waals surface area (Å²) in [5.41, 5.74) is 6.22. The molecule has 2 N–H and O–H groups in total. The average molecular weight is 613 g/mol. The van der Waals surface area contributed by atoms with Crippen LogP contribution in [-0.4, -0.2) is 41.1 Å². The minimum absolute atomic E-state index is 0.0146. The van der Waals surface area contributed by atoms with Crippen molar-refractivity contribution >= 4 is 23.8 Å². The van der Waals surface area contributed by atoms with Gasteiger partial charge in [0.1, 0.15) is 11.5 Å². The van der Waals surface area contributed by atoms with Crippen molar-refractivity contribution in [1.29, 1.82) is 0 Å². The van der Waals surface area contributed by atoms with Crippen LogP contribution in [0.3, 0.4) is 0 Å². The summed E-state index contributed by atoms with van der Waals surface area (Å²) in [5, 5.41) is 18.1. The second-order valence-electron chi connectivity index (χ2n) is 11.5. The molecule has 0 aliphatic heterocycles. The Balaban J connectivity index is 1.29. The van der Waals surface area contributed by atoms with E-state index in [2.05, 4.69) is 24.3 Å². The summed E-state index contributed by atoms with van der Waals surface area (Å²) < 4.78 is 12.2. The van der Waals surface area contributed by atoms with Gasteiger partial charge in [-0.05, 0) is 91.8 Å². The standard InChI is InChI=1S/C38H44O7/c39-34-19-10-17-31-32(34)22-24-36(33(31)18-8-14-28-12-4-3-5-13-28)44-26-7-2-1-6-15-29-16-9-20-35(30(29)23-25-38(42)43)45-27-11-21-37(40)41/h3-5,8-9,12-14,16,20,22,24H,1-2,6-7,10-11,15,17-19,21,23,25-27H2,(H,40,41)(H,42,43)/b14-8+. The van der Waals surface area contributed by atoms with Crippen LogP contribution in [0.2, 0.25) is 0 Å². The van der Waals surface area contributed by atoms with E-state index in [0.29, 0.717) is 38.0 Å². The molecule has 0 amide bonds. The monoisotopic (exact) mass is 612 g/mol. The van der Waals surface area contributed by atoms with Crippen LogP contribution in [0.1, 0.15) is 96.0 Å². The molecule has 3 aromatic rings. The highest BCUT2D eigenvalue weighted by molar-refractivity contribution is 5.99. The first-order chi connectivity index (χ1) is 21.9. The lowest BCUT2D eigenvalue weighted by atomic mass is 9.86. The summed E-state index contributed by atoms with van der Waals surface area (Å²) in [6, 6.07) is 19.9. The summed E-state index contributed by atoms with van der Waals surface area (Å²) >= 11 is 0. The zero-order valence-electron chi connectivity index (χ0n) is 26.0. The van der Waals surface area contributed by atoms with Gasteiger partial charge in [0.05, 0.1) is 13.2 Å². The highest BCUT2D eigenvalue weighted by Gasteiger charge is 2.22. The van der Waals surface area contributed by atoms with Crippen LogP contribution in [0, 0.1) is 0 Å². The van der Waals surface area contributed by atoms with Gasteiger partial charge in [0, 0.05) is 30.4 Å². The van der Waals surface area contributed by atoms with Gasteiger partial charge in [-0.1, -0.05) is 67.5 Å². The third-order valence-corrected chi connectivity index (χ3v) is 8.16. The maximum absolute atomic E-state index is 12.6. The van der Waals surface area contributed by atoms with Crippen LogP contribution in [-0.2, 0) is 35.3 Å². The summed E-state index contributed by atoms with van der Waals surface area (Å²) in [5.74, 6) is 0.0117. The van der Waals surface area contributed by atoms with Gasteiger partial charge in [-0.3, -0.25) is 14.4 Å². The topological polar surface area (TPSA) is 110 Å². The van der Waals surface area contributed by atoms with Crippen molar-refractivity contribution in [1.82, 2.24) is 0 Å². The number of ketones is 1. The molecule has 0 heterocycles. The van der Waals surface area contributed by atoms with Crippen LogP contribution in [0.4, 0.5) is 0 Å². The molecule has 0 radical (unpaired) electrons. The third kappa shape index (κ3) is 10.6. The number of hydrogen-bond acceptors (Lipinski definition) is 5. The normalized spacial score (nSPS) is 12.7. The number of allylic oxidation sites excluding steroid dienone is 1. The average Bonchev–Trinajstić information content (AvgIpc) is 3.03. The van der Waals surface area contributed by atoms with Crippen molar-refractivity contribution in [2.75, 3.05) is 13.2 Å². The number of benzene rings is 3. The van der Waals surface area contributed by atoms with Crippen LogP contribution in [0.25, 0.3) is 6.08 Å². The Morgan fingerprint density at radius 1 is 0.711 bits per heavy atom. The second kappa shape index (κ2) is 17.8. The first kappa shape index (κ1) is 33.5. The van der Waals surface area contributed by atoms with E-state index in [-0.39, 0.29) is 25.2 Å². The summed E-state index contributed by atoms with van der Waals surface area (Å²) in [6.07, 6.45) is 12.9. The molecular weight excluding hydrogens is 568 g/mol. The molecule has 0 fully saturated rings. The van der Waals surface area contributed by atoms with Crippen molar-refractivity contribution in [3.63, 3.8) is 0 Å². The molecule has 0 bridgehead atoms.